The van der Waals surface area contributed by atoms with E-state index in [1.807, 2.05) is 29.2 Å². The average molecular weight is 536 g/mol. The van der Waals surface area contributed by atoms with Crippen LogP contribution < -0.4 is 9.47 Å². The first-order valence-corrected chi connectivity index (χ1v) is 15.2. The van der Waals surface area contributed by atoms with E-state index in [1.54, 1.807) is 7.11 Å². The predicted octanol–water partition coefficient (Wildman–Crippen LogP) is 8.03. The molecule has 2 atom stereocenters. The Kier molecular flexibility index (Phi) is 8.93. The van der Waals surface area contributed by atoms with Gasteiger partial charge in [0.25, 0.3) is 0 Å². The fourth-order valence-corrected chi connectivity index (χ4v) is 7.13. The number of hydrogen-bond acceptors (Lipinski definition) is 6. The van der Waals surface area contributed by atoms with E-state index in [0.29, 0.717) is 0 Å². The first kappa shape index (κ1) is 26.4. The van der Waals surface area contributed by atoms with Crippen LogP contribution in [0, 0.1) is 5.92 Å². The van der Waals surface area contributed by atoms with E-state index in [4.69, 9.17) is 14.2 Å². The molecule has 0 amide bonds. The van der Waals surface area contributed by atoms with Gasteiger partial charge in [0.05, 0.1) is 24.0 Å². The van der Waals surface area contributed by atoms with Crippen LogP contribution in [0.15, 0.2) is 70.7 Å². The van der Waals surface area contributed by atoms with Gasteiger partial charge >= 0.3 is 0 Å². The maximum Gasteiger partial charge on any atom is 0.143 e. The topological polar surface area (TPSA) is 30.9 Å². The van der Waals surface area contributed by atoms with E-state index in [1.165, 1.54) is 41.4 Å². The van der Waals surface area contributed by atoms with Crippen molar-refractivity contribution in [3.8, 4) is 21.9 Å². The van der Waals surface area contributed by atoms with Crippen LogP contribution in [0.5, 0.6) is 11.5 Å². The van der Waals surface area contributed by atoms with Crippen molar-refractivity contribution < 1.29 is 14.2 Å². The molecule has 2 aliphatic rings. The second kappa shape index (κ2) is 12.5. The van der Waals surface area contributed by atoms with Crippen molar-refractivity contribution in [1.29, 1.82) is 0 Å². The van der Waals surface area contributed by atoms with Gasteiger partial charge in [-0.05, 0) is 85.6 Å². The zero-order valence-corrected chi connectivity index (χ0v) is 23.7. The summed E-state index contributed by atoms with van der Waals surface area (Å²) < 4.78 is 19.8. The molecule has 0 spiro atoms. The number of fused-ring (bicyclic) bond motifs is 1. The summed E-state index contributed by atoms with van der Waals surface area (Å²) in [4.78, 5) is 3.74. The number of thiophene rings is 1. The summed E-state index contributed by atoms with van der Waals surface area (Å²) in [5.41, 5.74) is 1.12. The molecule has 0 N–H and O–H groups in total. The van der Waals surface area contributed by atoms with Crippen molar-refractivity contribution in [3.63, 3.8) is 0 Å². The highest BCUT2D eigenvalue weighted by Gasteiger charge is 2.21. The molecule has 6 heteroatoms. The molecule has 1 saturated heterocycles. The van der Waals surface area contributed by atoms with E-state index in [2.05, 4.69) is 73.4 Å². The Morgan fingerprint density at radius 3 is 2.70 bits per heavy atom. The van der Waals surface area contributed by atoms with E-state index in [9.17, 15) is 0 Å². The van der Waals surface area contributed by atoms with Crippen LogP contribution in [-0.4, -0.2) is 50.1 Å². The number of ether oxygens (including phenoxy) is 3. The number of likely N-dealkylation sites (tertiary alicyclic amines) is 1. The molecule has 0 radical (unpaired) electrons. The van der Waals surface area contributed by atoms with Gasteiger partial charge in [-0.3, -0.25) is 0 Å². The Balaban J connectivity index is 1.35. The van der Waals surface area contributed by atoms with Crippen molar-refractivity contribution >= 4 is 33.9 Å². The van der Waals surface area contributed by atoms with Gasteiger partial charge in [-0.2, -0.15) is 0 Å². The molecule has 1 aliphatic carbocycles. The molecule has 37 heavy (non-hydrogen) atoms. The third-order valence-corrected chi connectivity index (χ3v) is 9.32. The maximum atomic E-state index is 6.68. The predicted molar refractivity (Wildman–Crippen MR) is 157 cm³/mol. The minimum atomic E-state index is 0.0827. The molecule has 1 aromatic heterocycles. The third kappa shape index (κ3) is 6.43. The smallest absolute Gasteiger partial charge is 0.143 e. The zero-order chi connectivity index (χ0) is 25.6. The number of allylic oxidation sites excluding steroid dienone is 1. The van der Waals surface area contributed by atoms with Gasteiger partial charge in [-0.15, -0.1) is 23.1 Å². The Morgan fingerprint density at radius 2 is 1.92 bits per heavy atom. The second-order valence-corrected chi connectivity index (χ2v) is 12.4. The summed E-state index contributed by atoms with van der Waals surface area (Å²) in [6.45, 7) is 8.61. The first-order valence-electron chi connectivity index (χ1n) is 13.4. The standard InChI is InChI=1S/C31H37NO3S2/c1-4-36-30-15-14-29(37-30)27-11-8-23-21-24(33-3)9-12-26(23)31(27)35-25-10-13-28(22(2)20-25)34-19-18-32-16-6-5-7-17-32/h8-15,20-22,28H,4-7,16-19H2,1-3H3. The zero-order valence-electron chi connectivity index (χ0n) is 22.1. The van der Waals surface area contributed by atoms with Crippen LogP contribution in [0.4, 0.5) is 0 Å². The van der Waals surface area contributed by atoms with Gasteiger partial charge < -0.3 is 19.1 Å². The SMILES string of the molecule is CCSc1ccc(-c2ccc3cc(OC)ccc3c2OC2=CC(C)C(OCCN3CCCCC3)C=C2)s1. The fourth-order valence-electron chi connectivity index (χ4n) is 5.06. The normalized spacial score (nSPS) is 20.2. The summed E-state index contributed by atoms with van der Waals surface area (Å²) in [5, 5.41) is 2.18. The molecular formula is C31H37NO3S2. The third-order valence-electron chi connectivity index (χ3n) is 7.09. The first-order chi connectivity index (χ1) is 18.1. The lowest BCUT2D eigenvalue weighted by Crippen LogP contribution is -2.34. The van der Waals surface area contributed by atoms with Gasteiger partial charge in [0, 0.05) is 28.3 Å². The number of hydrogen-bond donors (Lipinski definition) is 0. The number of benzene rings is 2. The number of methoxy groups -OCH3 is 1. The highest BCUT2D eigenvalue weighted by atomic mass is 32.2. The van der Waals surface area contributed by atoms with Crippen molar-refractivity contribution in [2.75, 3.05) is 39.1 Å². The van der Waals surface area contributed by atoms with Crippen molar-refractivity contribution in [3.05, 3.63) is 66.5 Å². The molecule has 1 fully saturated rings. The lowest BCUT2D eigenvalue weighted by Gasteiger charge is -2.28. The molecular weight excluding hydrogens is 498 g/mol. The summed E-state index contributed by atoms with van der Waals surface area (Å²) >= 11 is 3.70. The molecule has 0 bridgehead atoms. The fraction of sp³-hybridized carbons (Fsp3) is 0.419. The van der Waals surface area contributed by atoms with Gasteiger partial charge in [-0.1, -0.05) is 32.4 Å². The molecule has 4 nitrogen and oxygen atoms in total. The Bertz CT molecular complexity index is 1260. The highest BCUT2D eigenvalue weighted by molar-refractivity contribution is 8.01. The van der Waals surface area contributed by atoms with Gasteiger partial charge in [0.1, 0.15) is 17.3 Å². The summed E-state index contributed by atoms with van der Waals surface area (Å²) in [5.74, 6) is 3.92. The maximum absolute atomic E-state index is 6.68. The Labute approximate surface area is 229 Å². The lowest BCUT2D eigenvalue weighted by molar-refractivity contribution is 0.0407. The number of rotatable bonds is 10. The average Bonchev–Trinajstić information content (AvgIpc) is 3.39. The lowest BCUT2D eigenvalue weighted by atomic mass is 9.98. The Morgan fingerprint density at radius 1 is 1.05 bits per heavy atom. The van der Waals surface area contributed by atoms with Crippen LogP contribution in [0.3, 0.4) is 0 Å². The molecule has 5 rings (SSSR count). The van der Waals surface area contributed by atoms with E-state index in [-0.39, 0.29) is 12.0 Å². The molecule has 3 aromatic rings. The van der Waals surface area contributed by atoms with E-state index in [0.717, 1.165) is 52.5 Å². The largest absolute Gasteiger partial charge is 0.497 e. The minimum absolute atomic E-state index is 0.0827. The van der Waals surface area contributed by atoms with Gasteiger partial charge in [0.15, 0.2) is 0 Å². The van der Waals surface area contributed by atoms with Crippen LogP contribution >= 0.6 is 23.1 Å². The number of thioether (sulfide) groups is 1. The number of nitrogens with zero attached hydrogens (tertiary/aromatic N) is 1. The Hall–Kier alpha value is -2.25. The van der Waals surface area contributed by atoms with Crippen molar-refractivity contribution in [2.24, 2.45) is 5.92 Å². The van der Waals surface area contributed by atoms with Crippen molar-refractivity contribution in [1.82, 2.24) is 4.90 Å². The summed E-state index contributed by atoms with van der Waals surface area (Å²) in [6, 6.07) is 14.9. The molecule has 2 unspecified atom stereocenters. The van der Waals surface area contributed by atoms with E-state index >= 15 is 0 Å². The molecule has 1 aliphatic heterocycles. The molecule has 0 saturated carbocycles. The monoisotopic (exact) mass is 535 g/mol. The summed E-state index contributed by atoms with van der Waals surface area (Å²) in [6.07, 6.45) is 10.5. The van der Waals surface area contributed by atoms with Crippen LogP contribution in [0.25, 0.3) is 21.2 Å². The molecule has 196 valence electrons. The minimum Gasteiger partial charge on any atom is -0.497 e. The molecule has 2 aromatic carbocycles. The van der Waals surface area contributed by atoms with Gasteiger partial charge in [-0.25, -0.2) is 0 Å². The van der Waals surface area contributed by atoms with Gasteiger partial charge in [0.2, 0.25) is 0 Å². The van der Waals surface area contributed by atoms with Crippen LogP contribution in [0.1, 0.15) is 33.1 Å². The highest BCUT2D eigenvalue weighted by Crippen LogP contribution is 2.43. The van der Waals surface area contributed by atoms with E-state index < -0.39 is 0 Å². The van der Waals surface area contributed by atoms with Crippen LogP contribution in [0.2, 0.25) is 0 Å². The van der Waals surface area contributed by atoms with Crippen molar-refractivity contribution in [2.45, 2.75) is 43.4 Å². The summed E-state index contributed by atoms with van der Waals surface area (Å²) in [7, 11) is 1.70. The second-order valence-electron chi connectivity index (χ2n) is 9.71. The molecule has 2 heterocycles. The van der Waals surface area contributed by atoms with Crippen LogP contribution in [-0.2, 0) is 4.74 Å². The quantitative estimate of drug-likeness (QED) is 0.245. The number of piperidine rings is 1.